The highest BCUT2D eigenvalue weighted by Gasteiger charge is 2.08. The summed E-state index contributed by atoms with van der Waals surface area (Å²) in [4.78, 5) is 10.5. The second-order valence-electron chi connectivity index (χ2n) is 2.78. The number of nitriles is 1. The van der Waals surface area contributed by atoms with Crippen LogP contribution < -0.4 is 0 Å². The Morgan fingerprint density at radius 3 is 2.79 bits per heavy atom. The van der Waals surface area contributed by atoms with Crippen molar-refractivity contribution in [1.29, 1.82) is 5.26 Å². The van der Waals surface area contributed by atoms with Gasteiger partial charge in [-0.1, -0.05) is 0 Å². The smallest absolute Gasteiger partial charge is 0.346 e. The molecule has 0 aliphatic rings. The summed E-state index contributed by atoms with van der Waals surface area (Å²) in [5.74, 6) is -1.23. The molecule has 0 saturated carbocycles. The second-order valence-corrected chi connectivity index (χ2v) is 2.78. The fraction of sp³-hybridized carbons (Fsp3) is 0.222. The van der Waals surface area contributed by atoms with Gasteiger partial charge in [0.05, 0.1) is 6.20 Å². The zero-order chi connectivity index (χ0) is 10.7. The molecule has 1 N–H and O–H groups in total. The van der Waals surface area contributed by atoms with Crippen LogP contribution in [0.4, 0.5) is 0 Å². The van der Waals surface area contributed by atoms with Gasteiger partial charge in [0.1, 0.15) is 11.6 Å². The normalized spacial score (nSPS) is 11.1. The molecule has 0 radical (unpaired) electrons. The van der Waals surface area contributed by atoms with Crippen molar-refractivity contribution in [2.24, 2.45) is 7.05 Å². The fourth-order valence-electron chi connectivity index (χ4n) is 0.955. The van der Waals surface area contributed by atoms with Gasteiger partial charge in [0.15, 0.2) is 0 Å². The van der Waals surface area contributed by atoms with Crippen LogP contribution >= 0.6 is 0 Å². The maximum atomic E-state index is 10.5. The van der Waals surface area contributed by atoms with Crippen LogP contribution in [-0.4, -0.2) is 20.9 Å². The molecule has 1 aromatic heterocycles. The molecule has 0 spiro atoms. The first-order chi connectivity index (χ1) is 6.56. The monoisotopic (exact) mass is 191 g/mol. The summed E-state index contributed by atoms with van der Waals surface area (Å²) in [5, 5.41) is 21.1. The molecule has 0 aromatic carbocycles. The molecule has 0 amide bonds. The third-order valence-corrected chi connectivity index (χ3v) is 1.92. The topological polar surface area (TPSA) is 78.9 Å². The van der Waals surface area contributed by atoms with Crippen LogP contribution in [0.3, 0.4) is 0 Å². The molecule has 0 atom stereocenters. The van der Waals surface area contributed by atoms with E-state index in [1.807, 2.05) is 0 Å². The number of aryl methyl sites for hydroxylation is 1. The third kappa shape index (κ3) is 1.80. The molecule has 1 rings (SSSR count). The molecule has 1 aromatic rings. The van der Waals surface area contributed by atoms with E-state index in [2.05, 4.69) is 5.10 Å². The van der Waals surface area contributed by atoms with Crippen molar-refractivity contribution in [2.75, 3.05) is 0 Å². The molecule has 0 aliphatic heterocycles. The minimum Gasteiger partial charge on any atom is -0.477 e. The quantitative estimate of drug-likeness (QED) is 0.551. The summed E-state index contributed by atoms with van der Waals surface area (Å²) < 4.78 is 1.61. The lowest BCUT2D eigenvalue weighted by Crippen LogP contribution is -1.98. The zero-order valence-electron chi connectivity index (χ0n) is 7.85. The first-order valence-electron chi connectivity index (χ1n) is 3.90. The number of hydrogen-bond acceptors (Lipinski definition) is 3. The van der Waals surface area contributed by atoms with Crippen LogP contribution in [-0.2, 0) is 11.8 Å². The van der Waals surface area contributed by atoms with Crippen LogP contribution in [0.15, 0.2) is 11.8 Å². The van der Waals surface area contributed by atoms with E-state index in [0.717, 1.165) is 5.69 Å². The lowest BCUT2D eigenvalue weighted by Gasteiger charge is -1.94. The molecule has 5 heteroatoms. The maximum absolute atomic E-state index is 10.5. The van der Waals surface area contributed by atoms with E-state index in [-0.39, 0.29) is 5.57 Å². The van der Waals surface area contributed by atoms with Gasteiger partial charge in [0.2, 0.25) is 0 Å². The Kier molecular flexibility index (Phi) is 2.67. The van der Waals surface area contributed by atoms with E-state index in [0.29, 0.717) is 5.56 Å². The molecular formula is C9H9N3O2. The minimum absolute atomic E-state index is 0.291. The maximum Gasteiger partial charge on any atom is 0.346 e. The third-order valence-electron chi connectivity index (χ3n) is 1.92. The van der Waals surface area contributed by atoms with E-state index in [4.69, 9.17) is 10.4 Å². The van der Waals surface area contributed by atoms with Gasteiger partial charge in [-0.15, -0.1) is 0 Å². The number of rotatable bonds is 2. The van der Waals surface area contributed by atoms with Crippen molar-refractivity contribution in [3.8, 4) is 6.07 Å². The Morgan fingerprint density at radius 2 is 2.43 bits per heavy atom. The Bertz CT molecular complexity index is 437. The standard InChI is InChI=1S/C9H9N3O2/c1-6-8(5-11-12(6)2)3-7(4-10)9(13)14/h3,5H,1-2H3,(H,13,14)/b7-3-. The van der Waals surface area contributed by atoms with Gasteiger partial charge in [-0.3, -0.25) is 4.68 Å². The Hall–Kier alpha value is -2.09. The van der Waals surface area contributed by atoms with Crippen LogP contribution in [0.5, 0.6) is 0 Å². The zero-order valence-corrected chi connectivity index (χ0v) is 7.85. The number of carbonyl (C=O) groups is 1. The number of carboxylic acids is 1. The van der Waals surface area contributed by atoms with Gasteiger partial charge in [0, 0.05) is 18.3 Å². The molecule has 0 unspecified atom stereocenters. The average Bonchev–Trinajstić information content (AvgIpc) is 2.44. The van der Waals surface area contributed by atoms with E-state index in [1.54, 1.807) is 24.7 Å². The van der Waals surface area contributed by atoms with E-state index >= 15 is 0 Å². The van der Waals surface area contributed by atoms with E-state index in [9.17, 15) is 4.79 Å². The molecule has 0 fully saturated rings. The highest BCUT2D eigenvalue weighted by Crippen LogP contribution is 2.10. The molecule has 0 aliphatic carbocycles. The summed E-state index contributed by atoms with van der Waals surface area (Å²) in [7, 11) is 1.75. The lowest BCUT2D eigenvalue weighted by molar-refractivity contribution is -0.132. The number of carboxylic acid groups (broad SMARTS) is 1. The van der Waals surface area contributed by atoms with Crippen LogP contribution in [0.25, 0.3) is 6.08 Å². The number of aliphatic carboxylic acids is 1. The second kappa shape index (κ2) is 3.75. The van der Waals surface area contributed by atoms with Crippen LogP contribution in [0.1, 0.15) is 11.3 Å². The van der Waals surface area contributed by atoms with Gasteiger partial charge < -0.3 is 5.11 Å². The molecule has 72 valence electrons. The summed E-state index contributed by atoms with van der Waals surface area (Å²) in [6.45, 7) is 1.80. The highest BCUT2D eigenvalue weighted by atomic mass is 16.4. The van der Waals surface area contributed by atoms with Crippen molar-refractivity contribution in [1.82, 2.24) is 9.78 Å². The lowest BCUT2D eigenvalue weighted by atomic mass is 10.2. The molecule has 14 heavy (non-hydrogen) atoms. The van der Waals surface area contributed by atoms with Gasteiger partial charge in [0.25, 0.3) is 0 Å². The van der Waals surface area contributed by atoms with Crippen molar-refractivity contribution < 1.29 is 9.90 Å². The number of aromatic nitrogens is 2. The predicted molar refractivity (Wildman–Crippen MR) is 49.2 cm³/mol. The van der Waals surface area contributed by atoms with Crippen LogP contribution in [0, 0.1) is 18.3 Å². The van der Waals surface area contributed by atoms with Crippen molar-refractivity contribution in [3.05, 3.63) is 23.0 Å². The van der Waals surface area contributed by atoms with Gasteiger partial charge in [-0.25, -0.2) is 4.79 Å². The Morgan fingerprint density at radius 1 is 1.79 bits per heavy atom. The fourth-order valence-corrected chi connectivity index (χ4v) is 0.955. The number of hydrogen-bond donors (Lipinski definition) is 1. The van der Waals surface area contributed by atoms with E-state index in [1.165, 1.54) is 12.3 Å². The summed E-state index contributed by atoms with van der Waals surface area (Å²) in [6, 6.07) is 1.61. The van der Waals surface area contributed by atoms with Gasteiger partial charge in [-0.2, -0.15) is 10.4 Å². The summed E-state index contributed by atoms with van der Waals surface area (Å²) >= 11 is 0. The van der Waals surface area contributed by atoms with Gasteiger partial charge in [-0.05, 0) is 13.0 Å². The SMILES string of the molecule is Cc1c(/C=C(/C#N)C(=O)O)cnn1C. The van der Waals surface area contributed by atoms with E-state index < -0.39 is 5.97 Å². The number of nitrogens with zero attached hydrogens (tertiary/aromatic N) is 3. The molecule has 0 saturated heterocycles. The van der Waals surface area contributed by atoms with Crippen molar-refractivity contribution >= 4 is 12.0 Å². The summed E-state index contributed by atoms with van der Waals surface area (Å²) in [5.41, 5.74) is 1.17. The van der Waals surface area contributed by atoms with Crippen molar-refractivity contribution in [3.63, 3.8) is 0 Å². The minimum atomic E-state index is -1.23. The molecule has 0 bridgehead atoms. The first-order valence-corrected chi connectivity index (χ1v) is 3.90. The predicted octanol–water partition coefficient (Wildman–Crippen LogP) is 0.720. The first kappa shape index (κ1) is 9.99. The highest BCUT2D eigenvalue weighted by molar-refractivity contribution is 5.96. The van der Waals surface area contributed by atoms with Crippen molar-refractivity contribution in [2.45, 2.75) is 6.92 Å². The molecule has 5 nitrogen and oxygen atoms in total. The Labute approximate surface area is 80.9 Å². The van der Waals surface area contributed by atoms with Gasteiger partial charge >= 0.3 is 5.97 Å². The summed E-state index contributed by atoms with van der Waals surface area (Å²) in [6.07, 6.45) is 2.83. The van der Waals surface area contributed by atoms with Crippen LogP contribution in [0.2, 0.25) is 0 Å². The largest absolute Gasteiger partial charge is 0.477 e. The molecular weight excluding hydrogens is 182 g/mol. The molecule has 1 heterocycles. The Balaban J connectivity index is 3.15. The average molecular weight is 191 g/mol.